The molecule has 0 saturated heterocycles. The van der Waals surface area contributed by atoms with E-state index in [1.807, 2.05) is 25.3 Å². The minimum absolute atomic E-state index is 0.120. The van der Waals surface area contributed by atoms with E-state index in [0.717, 1.165) is 15.4 Å². The van der Waals surface area contributed by atoms with E-state index >= 15 is 0 Å². The molecule has 2 heterocycles. The van der Waals surface area contributed by atoms with E-state index in [0.29, 0.717) is 5.82 Å². The predicted molar refractivity (Wildman–Crippen MR) is 64.4 cm³/mol. The number of amides is 1. The van der Waals surface area contributed by atoms with Crippen LogP contribution in [-0.4, -0.2) is 15.9 Å². The number of carbonyl (C=O) groups excluding carboxylic acids is 1. The number of anilines is 1. The zero-order valence-electron chi connectivity index (χ0n) is 9.02. The van der Waals surface area contributed by atoms with Gasteiger partial charge in [0.25, 0.3) is 0 Å². The molecule has 5 heteroatoms. The minimum atomic E-state index is -0.120. The number of rotatable bonds is 2. The molecule has 0 aliphatic rings. The van der Waals surface area contributed by atoms with Crippen molar-refractivity contribution in [3.63, 3.8) is 0 Å². The zero-order chi connectivity index (χ0) is 11.5. The number of aryl methyl sites for hydroxylation is 1. The summed E-state index contributed by atoms with van der Waals surface area (Å²) in [7, 11) is 0. The van der Waals surface area contributed by atoms with Crippen molar-refractivity contribution in [1.29, 1.82) is 0 Å². The molecule has 16 heavy (non-hydrogen) atoms. The van der Waals surface area contributed by atoms with Crippen LogP contribution in [0.2, 0.25) is 0 Å². The number of aromatic nitrogens is 2. The van der Waals surface area contributed by atoms with Gasteiger partial charge in [-0.05, 0) is 24.6 Å². The van der Waals surface area contributed by atoms with Crippen LogP contribution in [0.3, 0.4) is 0 Å². The first kappa shape index (κ1) is 10.8. The standard InChI is InChI=1S/C11H11N3OS/c1-7(15)14-11-5-9(3-4-12-11)10-6-13-8(2)16-10/h3-6H,1-2H3,(H,12,14,15). The van der Waals surface area contributed by atoms with Crippen LogP contribution in [0.4, 0.5) is 5.82 Å². The highest BCUT2D eigenvalue weighted by molar-refractivity contribution is 7.15. The van der Waals surface area contributed by atoms with Crippen molar-refractivity contribution in [2.75, 3.05) is 5.32 Å². The number of nitrogens with one attached hydrogen (secondary N) is 1. The average Bonchev–Trinajstić information content (AvgIpc) is 2.64. The fourth-order valence-corrected chi connectivity index (χ4v) is 2.10. The summed E-state index contributed by atoms with van der Waals surface area (Å²) in [5.74, 6) is 0.446. The highest BCUT2D eigenvalue weighted by atomic mass is 32.1. The van der Waals surface area contributed by atoms with Gasteiger partial charge >= 0.3 is 0 Å². The Labute approximate surface area is 97.4 Å². The van der Waals surface area contributed by atoms with Crippen molar-refractivity contribution in [3.05, 3.63) is 29.5 Å². The fraction of sp³-hybridized carbons (Fsp3) is 0.182. The first-order valence-electron chi connectivity index (χ1n) is 4.81. The van der Waals surface area contributed by atoms with Crippen LogP contribution in [0.15, 0.2) is 24.5 Å². The molecule has 1 amide bonds. The van der Waals surface area contributed by atoms with E-state index < -0.39 is 0 Å². The summed E-state index contributed by atoms with van der Waals surface area (Å²) in [6, 6.07) is 3.74. The lowest BCUT2D eigenvalue weighted by Crippen LogP contribution is -2.06. The molecule has 82 valence electrons. The Hall–Kier alpha value is -1.75. The Morgan fingerprint density at radius 2 is 2.25 bits per heavy atom. The van der Waals surface area contributed by atoms with Crippen LogP contribution in [-0.2, 0) is 4.79 Å². The first-order valence-corrected chi connectivity index (χ1v) is 5.63. The van der Waals surface area contributed by atoms with Crippen molar-refractivity contribution >= 4 is 23.1 Å². The maximum Gasteiger partial charge on any atom is 0.222 e. The quantitative estimate of drug-likeness (QED) is 0.867. The molecule has 0 atom stereocenters. The monoisotopic (exact) mass is 233 g/mol. The number of nitrogens with zero attached hydrogens (tertiary/aromatic N) is 2. The second-order valence-electron chi connectivity index (χ2n) is 3.35. The Kier molecular flexibility index (Phi) is 2.96. The Morgan fingerprint density at radius 1 is 1.44 bits per heavy atom. The van der Waals surface area contributed by atoms with Gasteiger partial charge in [0.05, 0.1) is 9.88 Å². The van der Waals surface area contributed by atoms with E-state index in [-0.39, 0.29) is 5.91 Å². The molecule has 0 aliphatic heterocycles. The number of carbonyl (C=O) groups is 1. The van der Waals surface area contributed by atoms with E-state index in [2.05, 4.69) is 15.3 Å². The van der Waals surface area contributed by atoms with Crippen molar-refractivity contribution in [2.24, 2.45) is 0 Å². The second kappa shape index (κ2) is 4.40. The summed E-state index contributed by atoms with van der Waals surface area (Å²) in [6.45, 7) is 3.43. The molecule has 1 N–H and O–H groups in total. The van der Waals surface area contributed by atoms with Gasteiger partial charge < -0.3 is 5.32 Å². The summed E-state index contributed by atoms with van der Waals surface area (Å²) in [6.07, 6.45) is 3.50. The van der Waals surface area contributed by atoms with Crippen molar-refractivity contribution in [1.82, 2.24) is 9.97 Å². The van der Waals surface area contributed by atoms with Crippen LogP contribution >= 0.6 is 11.3 Å². The molecular weight excluding hydrogens is 222 g/mol. The Balaban J connectivity index is 2.32. The largest absolute Gasteiger partial charge is 0.311 e. The summed E-state index contributed by atoms with van der Waals surface area (Å²) in [4.78, 5) is 20.2. The van der Waals surface area contributed by atoms with Crippen LogP contribution in [0.1, 0.15) is 11.9 Å². The van der Waals surface area contributed by atoms with Gasteiger partial charge in [0.15, 0.2) is 0 Å². The topological polar surface area (TPSA) is 54.9 Å². The van der Waals surface area contributed by atoms with Crippen molar-refractivity contribution in [3.8, 4) is 10.4 Å². The third-order valence-electron chi connectivity index (χ3n) is 1.97. The third-order valence-corrected chi connectivity index (χ3v) is 2.93. The van der Waals surface area contributed by atoms with Crippen LogP contribution in [0.5, 0.6) is 0 Å². The lowest BCUT2D eigenvalue weighted by molar-refractivity contribution is -0.114. The molecule has 0 fully saturated rings. The van der Waals surface area contributed by atoms with Gasteiger partial charge in [0.2, 0.25) is 5.91 Å². The molecule has 0 radical (unpaired) electrons. The maximum absolute atomic E-state index is 10.9. The molecule has 0 spiro atoms. The van der Waals surface area contributed by atoms with Crippen LogP contribution in [0.25, 0.3) is 10.4 Å². The van der Waals surface area contributed by atoms with Gasteiger partial charge in [-0.15, -0.1) is 11.3 Å². The van der Waals surface area contributed by atoms with Crippen molar-refractivity contribution < 1.29 is 4.79 Å². The second-order valence-corrected chi connectivity index (χ2v) is 4.59. The first-order chi connectivity index (χ1) is 7.65. The number of thiazole rings is 1. The molecule has 0 aliphatic carbocycles. The molecule has 0 bridgehead atoms. The van der Waals surface area contributed by atoms with Gasteiger partial charge in [-0.3, -0.25) is 4.79 Å². The lowest BCUT2D eigenvalue weighted by atomic mass is 10.2. The number of hydrogen-bond acceptors (Lipinski definition) is 4. The molecule has 2 aromatic rings. The molecule has 2 rings (SSSR count). The van der Waals surface area contributed by atoms with E-state index in [1.165, 1.54) is 6.92 Å². The molecule has 0 unspecified atom stereocenters. The average molecular weight is 233 g/mol. The summed E-state index contributed by atoms with van der Waals surface area (Å²) < 4.78 is 0. The summed E-state index contributed by atoms with van der Waals surface area (Å²) in [5.41, 5.74) is 1.02. The van der Waals surface area contributed by atoms with Gasteiger partial charge in [0, 0.05) is 19.3 Å². The molecule has 0 aromatic carbocycles. The number of pyridine rings is 1. The maximum atomic E-state index is 10.9. The third kappa shape index (κ3) is 2.43. The van der Waals surface area contributed by atoms with E-state index in [4.69, 9.17) is 0 Å². The van der Waals surface area contributed by atoms with Gasteiger partial charge in [-0.25, -0.2) is 9.97 Å². The highest BCUT2D eigenvalue weighted by Crippen LogP contribution is 2.26. The minimum Gasteiger partial charge on any atom is -0.311 e. The van der Waals surface area contributed by atoms with E-state index in [9.17, 15) is 4.79 Å². The molecule has 2 aromatic heterocycles. The Morgan fingerprint density at radius 3 is 2.88 bits per heavy atom. The van der Waals surface area contributed by atoms with Crippen LogP contribution in [0, 0.1) is 6.92 Å². The van der Waals surface area contributed by atoms with E-state index in [1.54, 1.807) is 17.5 Å². The normalized spacial score (nSPS) is 10.1. The summed E-state index contributed by atoms with van der Waals surface area (Å²) >= 11 is 1.62. The van der Waals surface area contributed by atoms with Gasteiger partial charge in [-0.1, -0.05) is 0 Å². The molecule has 0 saturated carbocycles. The highest BCUT2D eigenvalue weighted by Gasteiger charge is 2.04. The van der Waals surface area contributed by atoms with Gasteiger partial charge in [-0.2, -0.15) is 0 Å². The SMILES string of the molecule is CC(=O)Nc1cc(-c2cnc(C)s2)ccn1. The predicted octanol–water partition coefficient (Wildman–Crippen LogP) is 2.47. The number of hydrogen-bond donors (Lipinski definition) is 1. The van der Waals surface area contributed by atoms with Crippen molar-refractivity contribution in [2.45, 2.75) is 13.8 Å². The summed E-state index contributed by atoms with van der Waals surface area (Å²) in [5, 5.41) is 3.68. The smallest absolute Gasteiger partial charge is 0.222 e. The van der Waals surface area contributed by atoms with Crippen LogP contribution < -0.4 is 5.32 Å². The Bertz CT molecular complexity index is 521. The zero-order valence-corrected chi connectivity index (χ0v) is 9.84. The van der Waals surface area contributed by atoms with Gasteiger partial charge in [0.1, 0.15) is 5.82 Å². The fourth-order valence-electron chi connectivity index (χ4n) is 1.33. The lowest BCUT2D eigenvalue weighted by Gasteiger charge is -2.02. The molecule has 4 nitrogen and oxygen atoms in total. The molecular formula is C11H11N3OS.